The van der Waals surface area contributed by atoms with Gasteiger partial charge in [-0.1, -0.05) is 62.4 Å². The fourth-order valence-electron chi connectivity index (χ4n) is 8.60. The minimum Gasteiger partial charge on any atom is -0.393 e. The summed E-state index contributed by atoms with van der Waals surface area (Å²) in [5.74, 6) is 3.55. The van der Waals surface area contributed by atoms with E-state index >= 15 is 0 Å². The maximum absolute atomic E-state index is 10.2. The van der Waals surface area contributed by atoms with Gasteiger partial charge in [-0.3, -0.25) is 0 Å². The zero-order chi connectivity index (χ0) is 21.6. The van der Waals surface area contributed by atoms with Gasteiger partial charge in [0.05, 0.1) is 6.10 Å². The molecule has 0 aromatic heterocycles. The average Bonchev–Trinajstić information content (AvgIpc) is 3.11. The van der Waals surface area contributed by atoms with E-state index in [0.717, 1.165) is 42.9 Å². The average molecular weight is 419 g/mol. The van der Waals surface area contributed by atoms with Gasteiger partial charge in [0.25, 0.3) is 0 Å². The number of aliphatic hydroxyl groups is 1. The Morgan fingerprint density at radius 2 is 1.84 bits per heavy atom. The van der Waals surface area contributed by atoms with E-state index in [0.29, 0.717) is 10.8 Å². The Balaban J connectivity index is 1.24. The van der Waals surface area contributed by atoms with Crippen molar-refractivity contribution in [2.24, 2.45) is 34.5 Å². The van der Waals surface area contributed by atoms with Gasteiger partial charge in [-0.2, -0.15) is 0 Å². The molecular weight excluding hydrogens is 376 g/mol. The molecule has 5 rings (SSSR count). The number of rotatable bonds is 5. The Kier molecular flexibility index (Phi) is 5.70. The molecule has 0 heterocycles. The van der Waals surface area contributed by atoms with Gasteiger partial charge in [0, 0.05) is 0 Å². The van der Waals surface area contributed by atoms with Crippen molar-refractivity contribution in [1.82, 2.24) is 0 Å². The lowest BCUT2D eigenvalue weighted by molar-refractivity contribution is -0.0507. The third-order valence-corrected chi connectivity index (χ3v) is 10.5. The number of allylic oxidation sites excluding steroid dienone is 2. The molecule has 4 aliphatic rings. The molecule has 0 aliphatic heterocycles. The van der Waals surface area contributed by atoms with Crippen LogP contribution in [-0.2, 0) is 0 Å². The van der Waals surface area contributed by atoms with E-state index in [9.17, 15) is 5.11 Å². The van der Waals surface area contributed by atoms with Crippen LogP contribution in [0.5, 0.6) is 0 Å². The summed E-state index contributed by atoms with van der Waals surface area (Å²) in [6.07, 6.45) is 16.4. The molecule has 3 fully saturated rings. The van der Waals surface area contributed by atoms with Gasteiger partial charge >= 0.3 is 0 Å². The summed E-state index contributed by atoms with van der Waals surface area (Å²) in [5, 5.41) is 10.2. The summed E-state index contributed by atoms with van der Waals surface area (Å²) in [5.41, 5.74) is 5.14. The summed E-state index contributed by atoms with van der Waals surface area (Å²) < 4.78 is 0. The monoisotopic (exact) mass is 418 g/mol. The molecule has 4 aliphatic carbocycles. The first-order valence-corrected chi connectivity index (χ1v) is 13.0. The van der Waals surface area contributed by atoms with Crippen molar-refractivity contribution in [2.75, 3.05) is 0 Å². The largest absolute Gasteiger partial charge is 0.393 e. The van der Waals surface area contributed by atoms with E-state index in [1.54, 1.807) is 5.57 Å². The topological polar surface area (TPSA) is 20.2 Å². The Labute approximate surface area is 190 Å². The third-order valence-electron chi connectivity index (χ3n) is 10.5. The van der Waals surface area contributed by atoms with Gasteiger partial charge in [-0.25, -0.2) is 0 Å². The number of hydrogen-bond donors (Lipinski definition) is 1. The van der Waals surface area contributed by atoms with Crippen LogP contribution in [0, 0.1) is 34.5 Å². The Hall–Kier alpha value is -1.34. The third kappa shape index (κ3) is 3.65. The molecule has 0 spiro atoms. The standard InChI is InChI=1S/C30H42O/c1-21(22-9-5-4-6-10-22)8-7-11-23-13-15-27-26-14-12-24-20-25(31)16-18-30(24,3)28(26)17-19-29(23,27)2/h4-6,9-10,12,23,25-28,31H,1,7-8,11,13-20H2,2-3H3. The van der Waals surface area contributed by atoms with E-state index in [4.69, 9.17) is 0 Å². The minimum absolute atomic E-state index is 0.0915. The van der Waals surface area contributed by atoms with E-state index in [1.165, 1.54) is 62.5 Å². The zero-order valence-electron chi connectivity index (χ0n) is 19.8. The Bertz CT molecular complexity index is 837. The van der Waals surface area contributed by atoms with Crippen LogP contribution in [-0.4, -0.2) is 11.2 Å². The van der Waals surface area contributed by atoms with Crippen LogP contribution >= 0.6 is 0 Å². The molecule has 0 bridgehead atoms. The fraction of sp³-hybridized carbons (Fsp3) is 0.667. The number of aliphatic hydroxyl groups excluding tert-OH is 1. The van der Waals surface area contributed by atoms with Gasteiger partial charge in [-0.05, 0) is 116 Å². The molecule has 1 heteroatoms. The SMILES string of the molecule is C=C(CCCC1CCC2C3CC=C4CC(O)CCC4(C)C3CCC12C)c1ccccc1. The van der Waals surface area contributed by atoms with Crippen molar-refractivity contribution in [3.8, 4) is 0 Å². The van der Waals surface area contributed by atoms with Crippen LogP contribution in [0.2, 0.25) is 0 Å². The molecule has 7 atom stereocenters. The minimum atomic E-state index is -0.0915. The predicted molar refractivity (Wildman–Crippen MR) is 131 cm³/mol. The van der Waals surface area contributed by atoms with E-state index < -0.39 is 0 Å². The summed E-state index contributed by atoms with van der Waals surface area (Å²) in [7, 11) is 0. The molecule has 1 N–H and O–H groups in total. The first-order chi connectivity index (χ1) is 14.9. The van der Waals surface area contributed by atoms with E-state index in [1.807, 2.05) is 0 Å². The second-order valence-electron chi connectivity index (χ2n) is 11.8. The number of benzene rings is 1. The molecule has 0 saturated heterocycles. The highest BCUT2D eigenvalue weighted by Crippen LogP contribution is 2.66. The lowest BCUT2D eigenvalue weighted by Gasteiger charge is -2.58. The van der Waals surface area contributed by atoms with Crippen molar-refractivity contribution >= 4 is 5.57 Å². The molecule has 0 amide bonds. The highest BCUT2D eigenvalue weighted by Gasteiger charge is 2.58. The lowest BCUT2D eigenvalue weighted by atomic mass is 9.47. The van der Waals surface area contributed by atoms with Crippen molar-refractivity contribution in [1.29, 1.82) is 0 Å². The highest BCUT2D eigenvalue weighted by molar-refractivity contribution is 5.62. The second-order valence-corrected chi connectivity index (χ2v) is 11.8. The summed E-state index contributed by atoms with van der Waals surface area (Å²) in [4.78, 5) is 0. The molecule has 1 aromatic rings. The van der Waals surface area contributed by atoms with Crippen LogP contribution in [0.3, 0.4) is 0 Å². The van der Waals surface area contributed by atoms with Gasteiger partial charge in [0.2, 0.25) is 0 Å². The van der Waals surface area contributed by atoms with Crippen LogP contribution < -0.4 is 0 Å². The van der Waals surface area contributed by atoms with Crippen molar-refractivity contribution < 1.29 is 5.11 Å². The number of hydrogen-bond acceptors (Lipinski definition) is 1. The van der Waals surface area contributed by atoms with Gasteiger partial charge in [-0.15, -0.1) is 0 Å². The summed E-state index contributed by atoms with van der Waals surface area (Å²) in [6.45, 7) is 9.57. The highest BCUT2D eigenvalue weighted by atomic mass is 16.3. The molecular formula is C30H42O. The van der Waals surface area contributed by atoms with Gasteiger partial charge in [0.1, 0.15) is 0 Å². The number of fused-ring (bicyclic) bond motifs is 5. The van der Waals surface area contributed by atoms with Crippen LogP contribution in [0.15, 0.2) is 48.6 Å². The first kappa shape index (κ1) is 21.5. The second kappa shape index (κ2) is 8.22. The molecule has 3 saturated carbocycles. The van der Waals surface area contributed by atoms with Crippen LogP contribution in [0.1, 0.15) is 90.0 Å². The lowest BCUT2D eigenvalue weighted by Crippen LogP contribution is -2.50. The van der Waals surface area contributed by atoms with Gasteiger partial charge < -0.3 is 5.11 Å². The van der Waals surface area contributed by atoms with Crippen LogP contribution in [0.4, 0.5) is 0 Å². The Morgan fingerprint density at radius 3 is 2.65 bits per heavy atom. The summed E-state index contributed by atoms with van der Waals surface area (Å²) >= 11 is 0. The molecule has 31 heavy (non-hydrogen) atoms. The molecule has 168 valence electrons. The van der Waals surface area contributed by atoms with Crippen molar-refractivity contribution in [2.45, 2.75) is 90.6 Å². The van der Waals surface area contributed by atoms with Crippen LogP contribution in [0.25, 0.3) is 5.57 Å². The van der Waals surface area contributed by atoms with Crippen molar-refractivity contribution in [3.05, 3.63) is 54.1 Å². The first-order valence-electron chi connectivity index (χ1n) is 13.0. The van der Waals surface area contributed by atoms with E-state index in [-0.39, 0.29) is 6.10 Å². The normalized spacial score (nSPS) is 41.6. The maximum atomic E-state index is 10.2. The maximum Gasteiger partial charge on any atom is 0.0577 e. The molecule has 0 radical (unpaired) electrons. The smallest absolute Gasteiger partial charge is 0.0577 e. The van der Waals surface area contributed by atoms with Crippen molar-refractivity contribution in [3.63, 3.8) is 0 Å². The predicted octanol–water partition coefficient (Wildman–Crippen LogP) is 7.81. The fourth-order valence-corrected chi connectivity index (χ4v) is 8.60. The van der Waals surface area contributed by atoms with Gasteiger partial charge in [0.15, 0.2) is 0 Å². The Morgan fingerprint density at radius 1 is 1.03 bits per heavy atom. The molecule has 1 aromatic carbocycles. The van der Waals surface area contributed by atoms with E-state index in [2.05, 4.69) is 56.8 Å². The quantitative estimate of drug-likeness (QED) is 0.483. The zero-order valence-corrected chi connectivity index (χ0v) is 19.8. The molecule has 1 nitrogen and oxygen atoms in total. The summed E-state index contributed by atoms with van der Waals surface area (Å²) in [6, 6.07) is 10.7. The molecule has 7 unspecified atom stereocenters.